The van der Waals surface area contributed by atoms with Gasteiger partial charge in [0.15, 0.2) is 0 Å². The van der Waals surface area contributed by atoms with Gasteiger partial charge in [-0.1, -0.05) is 12.1 Å². The number of halogens is 1. The molecule has 10 nitrogen and oxygen atoms in total. The molecular formula is C24H27FN8O2S. The van der Waals surface area contributed by atoms with Crippen LogP contribution < -0.4 is 25.2 Å². The maximum absolute atomic E-state index is 14.9. The van der Waals surface area contributed by atoms with Crippen molar-refractivity contribution < 1.29 is 12.8 Å². The van der Waals surface area contributed by atoms with E-state index in [9.17, 15) is 12.8 Å². The summed E-state index contributed by atoms with van der Waals surface area (Å²) in [5.41, 5.74) is 2.69. The van der Waals surface area contributed by atoms with Crippen LogP contribution in [-0.2, 0) is 10.0 Å². The van der Waals surface area contributed by atoms with Gasteiger partial charge in [-0.15, -0.1) is 0 Å². The molecule has 1 fully saturated rings. The highest BCUT2D eigenvalue weighted by molar-refractivity contribution is 7.92. The number of anilines is 6. The highest BCUT2D eigenvalue weighted by Crippen LogP contribution is 2.32. The topological polar surface area (TPSA) is 118 Å². The van der Waals surface area contributed by atoms with Crippen LogP contribution >= 0.6 is 0 Å². The van der Waals surface area contributed by atoms with E-state index in [0.29, 0.717) is 34.2 Å². The van der Waals surface area contributed by atoms with Crippen molar-refractivity contribution >= 4 is 55.6 Å². The van der Waals surface area contributed by atoms with E-state index in [2.05, 4.69) is 30.9 Å². The van der Waals surface area contributed by atoms with Crippen molar-refractivity contribution in [1.82, 2.24) is 20.3 Å². The molecule has 1 aliphatic heterocycles. The van der Waals surface area contributed by atoms with Crippen LogP contribution in [0.5, 0.6) is 0 Å². The number of piperazine rings is 1. The van der Waals surface area contributed by atoms with Crippen LogP contribution in [0.4, 0.5) is 38.9 Å². The Labute approximate surface area is 208 Å². The lowest BCUT2D eigenvalue weighted by molar-refractivity contribution is 0.566. The Morgan fingerprint density at radius 3 is 2.58 bits per heavy atom. The molecule has 0 radical (unpaired) electrons. The van der Waals surface area contributed by atoms with Gasteiger partial charge in [-0.3, -0.25) is 4.31 Å². The zero-order valence-electron chi connectivity index (χ0n) is 19.9. The maximum Gasteiger partial charge on any atom is 0.232 e. The Kier molecular flexibility index (Phi) is 6.37. The summed E-state index contributed by atoms with van der Waals surface area (Å²) in [6.45, 7) is 3.15. The number of hydrogen-bond donors (Lipinski definition) is 4. The summed E-state index contributed by atoms with van der Waals surface area (Å²) in [5.74, 6) is 0.408. The van der Waals surface area contributed by atoms with E-state index in [0.717, 1.165) is 37.8 Å². The number of nitrogens with one attached hydrogen (secondary N) is 4. The molecule has 0 unspecified atom stereocenters. The summed E-state index contributed by atoms with van der Waals surface area (Å²) in [6.07, 6.45) is 2.89. The van der Waals surface area contributed by atoms with Gasteiger partial charge in [-0.2, -0.15) is 9.97 Å². The van der Waals surface area contributed by atoms with Crippen molar-refractivity contribution in [3.8, 4) is 0 Å². The van der Waals surface area contributed by atoms with E-state index in [1.54, 1.807) is 42.6 Å². The third kappa shape index (κ3) is 4.90. The fraction of sp³-hybridized carbons (Fsp3) is 0.250. The number of aromatic amines is 1. The molecule has 4 aromatic rings. The Hall–Kier alpha value is -3.90. The molecule has 188 valence electrons. The highest BCUT2D eigenvalue weighted by atomic mass is 32.2. The summed E-state index contributed by atoms with van der Waals surface area (Å²) < 4.78 is 40.4. The van der Waals surface area contributed by atoms with Gasteiger partial charge in [0.05, 0.1) is 28.7 Å². The van der Waals surface area contributed by atoms with Gasteiger partial charge in [0.2, 0.25) is 16.0 Å². The van der Waals surface area contributed by atoms with Crippen molar-refractivity contribution in [2.75, 3.05) is 59.3 Å². The number of H-pyrrole nitrogens is 1. The van der Waals surface area contributed by atoms with Crippen molar-refractivity contribution in [3.05, 3.63) is 60.5 Å². The molecule has 1 aliphatic rings. The first-order valence-electron chi connectivity index (χ1n) is 11.5. The van der Waals surface area contributed by atoms with Gasteiger partial charge in [-0.25, -0.2) is 12.8 Å². The van der Waals surface area contributed by atoms with Crippen LogP contribution in [0.25, 0.3) is 11.0 Å². The van der Waals surface area contributed by atoms with Crippen LogP contribution in [-0.4, -0.2) is 62.9 Å². The van der Waals surface area contributed by atoms with Crippen LogP contribution in [0.2, 0.25) is 0 Å². The predicted octanol–water partition coefficient (Wildman–Crippen LogP) is 3.39. The number of sulfonamides is 1. The van der Waals surface area contributed by atoms with E-state index < -0.39 is 10.0 Å². The fourth-order valence-corrected chi connectivity index (χ4v) is 4.65. The van der Waals surface area contributed by atoms with E-state index in [1.165, 1.54) is 17.4 Å². The van der Waals surface area contributed by atoms with Gasteiger partial charge in [0.25, 0.3) is 0 Å². The van der Waals surface area contributed by atoms with Crippen LogP contribution in [0.1, 0.15) is 0 Å². The number of fused-ring (bicyclic) bond motifs is 1. The molecular weight excluding hydrogens is 483 g/mol. The van der Waals surface area contributed by atoms with Gasteiger partial charge in [0, 0.05) is 45.1 Å². The first-order valence-corrected chi connectivity index (χ1v) is 13.3. The summed E-state index contributed by atoms with van der Waals surface area (Å²) in [7, 11) is -1.97. The molecule has 1 saturated heterocycles. The van der Waals surface area contributed by atoms with Crippen molar-refractivity contribution in [2.24, 2.45) is 0 Å². The van der Waals surface area contributed by atoms with E-state index in [4.69, 9.17) is 0 Å². The van der Waals surface area contributed by atoms with Crippen LogP contribution in [0.15, 0.2) is 54.7 Å². The average molecular weight is 511 g/mol. The first-order chi connectivity index (χ1) is 17.3. The predicted molar refractivity (Wildman–Crippen MR) is 142 cm³/mol. The molecule has 2 aromatic carbocycles. The molecule has 0 atom stereocenters. The zero-order chi connectivity index (χ0) is 25.3. The molecule has 0 spiro atoms. The van der Waals surface area contributed by atoms with Crippen molar-refractivity contribution in [2.45, 2.75) is 0 Å². The van der Waals surface area contributed by atoms with Gasteiger partial charge >= 0.3 is 0 Å². The lowest BCUT2D eigenvalue weighted by Crippen LogP contribution is -2.43. The maximum atomic E-state index is 14.9. The smallest absolute Gasteiger partial charge is 0.232 e. The van der Waals surface area contributed by atoms with Gasteiger partial charge in [-0.05, 0) is 36.4 Å². The Morgan fingerprint density at radius 2 is 1.83 bits per heavy atom. The summed E-state index contributed by atoms with van der Waals surface area (Å²) in [6, 6.07) is 13.9. The van der Waals surface area contributed by atoms with Crippen molar-refractivity contribution in [1.29, 1.82) is 0 Å². The number of hydrogen-bond acceptors (Lipinski definition) is 8. The van der Waals surface area contributed by atoms with Gasteiger partial charge in [0.1, 0.15) is 17.3 Å². The molecule has 0 amide bonds. The molecule has 5 rings (SSSR count). The number of aromatic nitrogens is 3. The molecule has 4 N–H and O–H groups in total. The summed E-state index contributed by atoms with van der Waals surface area (Å²) >= 11 is 0. The number of benzene rings is 2. The average Bonchev–Trinajstić information content (AvgIpc) is 3.33. The Balaban J connectivity index is 1.45. The summed E-state index contributed by atoms with van der Waals surface area (Å²) in [4.78, 5) is 14.2. The summed E-state index contributed by atoms with van der Waals surface area (Å²) in [5, 5.41) is 10.3. The van der Waals surface area contributed by atoms with Gasteiger partial charge < -0.3 is 25.8 Å². The molecule has 0 aliphatic carbocycles. The largest absolute Gasteiger partial charge is 0.367 e. The van der Waals surface area contributed by atoms with E-state index in [1.807, 2.05) is 11.0 Å². The second kappa shape index (κ2) is 9.63. The molecule has 12 heteroatoms. The molecule has 0 bridgehead atoms. The van der Waals surface area contributed by atoms with Crippen LogP contribution in [0.3, 0.4) is 0 Å². The number of nitrogens with zero attached hydrogens (tertiary/aromatic N) is 4. The highest BCUT2D eigenvalue weighted by Gasteiger charge is 2.18. The SMILES string of the molecule is CN(c1ccccc1Nc1nc(Nc2ccc(N3CCNCC3)c(F)c2)nc2[nH]ccc12)S(C)(=O)=O. The minimum atomic E-state index is -3.47. The first kappa shape index (κ1) is 23.8. The molecule has 36 heavy (non-hydrogen) atoms. The zero-order valence-corrected chi connectivity index (χ0v) is 20.7. The Bertz CT molecular complexity index is 1500. The molecule has 2 aromatic heterocycles. The standard InChI is InChI=1S/C24H27FN8O2S/c1-32(36(2,34)35)21-6-4-3-5-19(21)29-23-17-9-10-27-22(17)30-24(31-23)28-16-7-8-20(18(25)15-16)33-13-11-26-12-14-33/h3-10,15,26H,11-14H2,1-2H3,(H3,27,28,29,30,31). The number of para-hydroxylation sites is 2. The second-order valence-electron chi connectivity index (χ2n) is 8.54. The third-order valence-electron chi connectivity index (χ3n) is 6.07. The lowest BCUT2D eigenvalue weighted by Gasteiger charge is -2.29. The Morgan fingerprint density at radius 1 is 1.06 bits per heavy atom. The quantitative estimate of drug-likeness (QED) is 0.299. The van der Waals surface area contributed by atoms with Crippen molar-refractivity contribution in [3.63, 3.8) is 0 Å². The third-order valence-corrected chi connectivity index (χ3v) is 7.26. The van der Waals surface area contributed by atoms with Crippen LogP contribution in [0, 0.1) is 5.82 Å². The lowest BCUT2D eigenvalue weighted by atomic mass is 10.2. The normalized spacial score (nSPS) is 14.1. The van der Waals surface area contributed by atoms with E-state index in [-0.39, 0.29) is 11.8 Å². The molecule has 3 heterocycles. The van der Waals surface area contributed by atoms with E-state index >= 15 is 0 Å². The molecule has 0 saturated carbocycles. The fourth-order valence-electron chi connectivity index (χ4n) is 4.13. The minimum absolute atomic E-state index is 0.260. The number of rotatable bonds is 7. The second-order valence-corrected chi connectivity index (χ2v) is 10.6. The minimum Gasteiger partial charge on any atom is -0.367 e. The monoisotopic (exact) mass is 510 g/mol.